The molecule has 2 N–H and O–H groups in total. The summed E-state index contributed by atoms with van der Waals surface area (Å²) in [5.74, 6) is 0.635. The molecule has 1 aromatic carbocycles. The van der Waals surface area contributed by atoms with E-state index < -0.39 is 0 Å². The third-order valence-corrected chi connectivity index (χ3v) is 1.75. The molecule has 2 rings (SSSR count). The zero-order chi connectivity index (χ0) is 9.97. The molecule has 0 aliphatic carbocycles. The number of hydrogen-bond donors (Lipinski definition) is 2. The lowest BCUT2D eigenvalue weighted by molar-refractivity contribution is 0.435. The normalized spacial score (nSPS) is 10.1. The Balaban J connectivity index is 2.18. The second kappa shape index (κ2) is 3.59. The van der Waals surface area contributed by atoms with Gasteiger partial charge in [-0.05, 0) is 12.1 Å². The van der Waals surface area contributed by atoms with Crippen LogP contribution in [-0.2, 0) is 0 Å². The summed E-state index contributed by atoms with van der Waals surface area (Å²) in [6.45, 7) is 0. The predicted molar refractivity (Wildman–Crippen MR) is 51.8 cm³/mol. The number of ether oxygens (including phenoxy) is 1. The molecule has 5 heteroatoms. The van der Waals surface area contributed by atoms with Crippen molar-refractivity contribution in [2.75, 3.05) is 0 Å². The molecule has 14 heavy (non-hydrogen) atoms. The van der Waals surface area contributed by atoms with E-state index in [0.717, 1.165) is 0 Å². The van der Waals surface area contributed by atoms with Gasteiger partial charge in [0.1, 0.15) is 16.7 Å². The van der Waals surface area contributed by atoms with E-state index in [1.807, 2.05) is 0 Å². The molecule has 4 nitrogen and oxygen atoms in total. The lowest BCUT2D eigenvalue weighted by Crippen LogP contribution is -1.85. The Bertz CT molecular complexity index is 442. The van der Waals surface area contributed by atoms with E-state index in [1.54, 1.807) is 18.2 Å². The number of aromatic amines is 1. The number of benzene rings is 1. The zero-order valence-electron chi connectivity index (χ0n) is 7.07. The average Bonchev–Trinajstić information content (AvgIpc) is 2.51. The molecule has 0 radical (unpaired) electrons. The second-order valence-electron chi connectivity index (χ2n) is 2.64. The minimum absolute atomic E-state index is 0.139. The van der Waals surface area contributed by atoms with Crippen LogP contribution < -0.4 is 4.74 Å². The predicted octanol–water partition coefficient (Wildman–Crippen LogP) is 2.56. The number of imidazole rings is 1. The third-order valence-electron chi connectivity index (χ3n) is 1.55. The number of nitrogens with zero attached hydrogens (tertiary/aromatic N) is 1. The molecule has 0 bridgehead atoms. The van der Waals surface area contributed by atoms with Crippen molar-refractivity contribution in [2.45, 2.75) is 0 Å². The molecule has 2 aromatic rings. The van der Waals surface area contributed by atoms with Gasteiger partial charge in [-0.3, -0.25) is 4.98 Å². The quantitative estimate of drug-likeness (QED) is 0.801. The van der Waals surface area contributed by atoms with Crippen molar-refractivity contribution >= 4 is 11.6 Å². The molecule has 0 amide bonds. The van der Waals surface area contributed by atoms with Crippen molar-refractivity contribution in [1.29, 1.82) is 0 Å². The van der Waals surface area contributed by atoms with Crippen LogP contribution in [-0.4, -0.2) is 15.1 Å². The zero-order valence-corrected chi connectivity index (χ0v) is 7.82. The number of hydrogen-bond acceptors (Lipinski definition) is 3. The molecular formula is C9H7ClN2O2. The van der Waals surface area contributed by atoms with Gasteiger partial charge >= 0.3 is 0 Å². The highest BCUT2D eigenvalue weighted by atomic mass is 35.5. The smallest absolute Gasteiger partial charge is 0.300 e. The van der Waals surface area contributed by atoms with Crippen LogP contribution in [0.3, 0.4) is 0 Å². The van der Waals surface area contributed by atoms with Crippen molar-refractivity contribution in [2.24, 2.45) is 0 Å². The van der Waals surface area contributed by atoms with E-state index in [9.17, 15) is 0 Å². The maximum absolute atomic E-state index is 9.16. The fraction of sp³-hybridized carbons (Fsp3) is 0. The SMILES string of the molecule is Oc1cccc(Oc2ncc(Cl)[nH]2)c1. The van der Waals surface area contributed by atoms with E-state index in [1.165, 1.54) is 12.3 Å². The first-order valence-electron chi connectivity index (χ1n) is 3.91. The molecule has 0 atom stereocenters. The van der Waals surface area contributed by atoms with Gasteiger partial charge in [-0.25, -0.2) is 4.98 Å². The van der Waals surface area contributed by atoms with Crippen LogP contribution >= 0.6 is 11.6 Å². The molecular weight excluding hydrogens is 204 g/mol. The van der Waals surface area contributed by atoms with Crippen LogP contribution in [0.1, 0.15) is 0 Å². The van der Waals surface area contributed by atoms with Crippen LogP contribution in [0.4, 0.5) is 0 Å². The molecule has 0 unspecified atom stereocenters. The number of nitrogens with one attached hydrogen (secondary N) is 1. The Morgan fingerprint density at radius 1 is 1.43 bits per heavy atom. The maximum Gasteiger partial charge on any atom is 0.300 e. The maximum atomic E-state index is 9.16. The lowest BCUT2D eigenvalue weighted by atomic mass is 10.3. The topological polar surface area (TPSA) is 58.1 Å². The monoisotopic (exact) mass is 210 g/mol. The van der Waals surface area contributed by atoms with Crippen molar-refractivity contribution in [3.63, 3.8) is 0 Å². The molecule has 0 saturated heterocycles. The Labute approximate surface area is 85.1 Å². The van der Waals surface area contributed by atoms with Gasteiger partial charge in [0, 0.05) is 6.07 Å². The van der Waals surface area contributed by atoms with Gasteiger partial charge in [-0.1, -0.05) is 17.7 Å². The van der Waals surface area contributed by atoms with Crippen molar-refractivity contribution < 1.29 is 9.84 Å². The van der Waals surface area contributed by atoms with Gasteiger partial charge in [0.15, 0.2) is 0 Å². The molecule has 0 spiro atoms. The summed E-state index contributed by atoms with van der Waals surface area (Å²) in [5.41, 5.74) is 0. The summed E-state index contributed by atoms with van der Waals surface area (Å²) < 4.78 is 5.27. The van der Waals surface area contributed by atoms with Crippen LogP contribution in [0.25, 0.3) is 0 Å². The fourth-order valence-electron chi connectivity index (χ4n) is 0.993. The van der Waals surface area contributed by atoms with Crippen LogP contribution in [0.5, 0.6) is 17.5 Å². The third kappa shape index (κ3) is 1.97. The highest BCUT2D eigenvalue weighted by molar-refractivity contribution is 6.29. The largest absolute Gasteiger partial charge is 0.508 e. The van der Waals surface area contributed by atoms with E-state index in [0.29, 0.717) is 16.9 Å². The van der Waals surface area contributed by atoms with Crippen LogP contribution in [0.15, 0.2) is 30.5 Å². The van der Waals surface area contributed by atoms with E-state index in [4.69, 9.17) is 21.4 Å². The number of phenolic OH excluding ortho intramolecular Hbond substituents is 1. The van der Waals surface area contributed by atoms with Gasteiger partial charge in [0.25, 0.3) is 6.01 Å². The van der Waals surface area contributed by atoms with Gasteiger partial charge in [-0.15, -0.1) is 0 Å². The highest BCUT2D eigenvalue weighted by Gasteiger charge is 2.01. The summed E-state index contributed by atoms with van der Waals surface area (Å²) in [4.78, 5) is 6.54. The Hall–Kier alpha value is -1.68. The van der Waals surface area contributed by atoms with Crippen molar-refractivity contribution in [3.05, 3.63) is 35.6 Å². The first-order valence-corrected chi connectivity index (χ1v) is 4.29. The Morgan fingerprint density at radius 3 is 2.93 bits per heavy atom. The highest BCUT2D eigenvalue weighted by Crippen LogP contribution is 2.22. The minimum Gasteiger partial charge on any atom is -0.508 e. The van der Waals surface area contributed by atoms with Gasteiger partial charge in [0.2, 0.25) is 0 Å². The first-order chi connectivity index (χ1) is 6.74. The minimum atomic E-state index is 0.139. The number of phenols is 1. The van der Waals surface area contributed by atoms with Crippen molar-refractivity contribution in [3.8, 4) is 17.5 Å². The average molecular weight is 211 g/mol. The number of aromatic nitrogens is 2. The molecule has 0 aliphatic heterocycles. The molecule has 1 heterocycles. The van der Waals surface area contributed by atoms with Gasteiger partial charge in [0.05, 0.1) is 6.20 Å². The number of aromatic hydroxyl groups is 1. The Kier molecular flexibility index (Phi) is 2.28. The lowest BCUT2D eigenvalue weighted by Gasteiger charge is -2.01. The van der Waals surface area contributed by atoms with Gasteiger partial charge < -0.3 is 9.84 Å². The summed E-state index contributed by atoms with van der Waals surface area (Å²) in [6, 6.07) is 6.71. The van der Waals surface area contributed by atoms with E-state index in [-0.39, 0.29) is 5.75 Å². The molecule has 0 saturated carbocycles. The van der Waals surface area contributed by atoms with E-state index in [2.05, 4.69) is 9.97 Å². The van der Waals surface area contributed by atoms with Gasteiger partial charge in [-0.2, -0.15) is 0 Å². The number of H-pyrrole nitrogens is 1. The Morgan fingerprint density at radius 2 is 2.29 bits per heavy atom. The van der Waals surface area contributed by atoms with Crippen LogP contribution in [0, 0.1) is 0 Å². The molecule has 0 fully saturated rings. The standard InChI is InChI=1S/C9H7ClN2O2/c10-8-5-11-9(12-8)14-7-3-1-2-6(13)4-7/h1-5,13H,(H,11,12). The van der Waals surface area contributed by atoms with E-state index >= 15 is 0 Å². The van der Waals surface area contributed by atoms with Crippen LogP contribution in [0.2, 0.25) is 5.15 Å². The second-order valence-corrected chi connectivity index (χ2v) is 3.04. The first kappa shape index (κ1) is 8.90. The van der Waals surface area contributed by atoms with Crippen molar-refractivity contribution in [1.82, 2.24) is 9.97 Å². The summed E-state index contributed by atoms with van der Waals surface area (Å²) in [7, 11) is 0. The number of halogens is 1. The summed E-state index contributed by atoms with van der Waals surface area (Å²) >= 11 is 5.61. The fourth-order valence-corrected chi connectivity index (χ4v) is 1.12. The molecule has 0 aliphatic rings. The molecule has 1 aromatic heterocycles. The summed E-state index contributed by atoms with van der Waals surface area (Å²) in [6.07, 6.45) is 1.44. The number of rotatable bonds is 2. The summed E-state index contributed by atoms with van der Waals surface area (Å²) in [5, 5.41) is 9.56. The molecule has 72 valence electrons.